The van der Waals surface area contributed by atoms with Crippen LogP contribution in [0, 0.1) is 0 Å². The SMILES string of the molecule is CCC(c1cccc(C(F)(F)F)c1)n1ncc2nc(-n3cc(C(=O)O)cn3)[nH]c(=O)c21. The van der Waals surface area contributed by atoms with Gasteiger partial charge in [-0.15, -0.1) is 0 Å². The number of carboxylic acids is 1. The molecule has 0 radical (unpaired) electrons. The maximum absolute atomic E-state index is 13.1. The third-order valence-corrected chi connectivity index (χ3v) is 4.77. The summed E-state index contributed by atoms with van der Waals surface area (Å²) < 4.78 is 41.8. The van der Waals surface area contributed by atoms with Crippen LogP contribution in [-0.2, 0) is 6.18 Å². The third-order valence-electron chi connectivity index (χ3n) is 4.77. The van der Waals surface area contributed by atoms with Gasteiger partial charge in [0.15, 0.2) is 5.52 Å². The van der Waals surface area contributed by atoms with E-state index in [4.69, 9.17) is 5.11 Å². The van der Waals surface area contributed by atoms with Crippen LogP contribution < -0.4 is 5.56 Å². The minimum absolute atomic E-state index is 0.0170. The lowest BCUT2D eigenvalue weighted by molar-refractivity contribution is -0.137. The number of rotatable bonds is 5. The van der Waals surface area contributed by atoms with Gasteiger partial charge in [-0.05, 0) is 24.1 Å². The second kappa shape index (κ2) is 7.38. The van der Waals surface area contributed by atoms with Crippen LogP contribution in [0.4, 0.5) is 13.2 Å². The Morgan fingerprint density at radius 3 is 2.68 bits per heavy atom. The molecule has 1 atom stereocenters. The van der Waals surface area contributed by atoms with Crippen molar-refractivity contribution in [3.8, 4) is 5.95 Å². The number of alkyl halides is 3. The van der Waals surface area contributed by atoms with Gasteiger partial charge in [0.1, 0.15) is 5.52 Å². The van der Waals surface area contributed by atoms with Gasteiger partial charge >= 0.3 is 12.1 Å². The summed E-state index contributed by atoms with van der Waals surface area (Å²) >= 11 is 0. The Hall–Kier alpha value is -3.96. The highest BCUT2D eigenvalue weighted by Crippen LogP contribution is 2.32. The van der Waals surface area contributed by atoms with Gasteiger partial charge in [-0.1, -0.05) is 19.1 Å². The fourth-order valence-electron chi connectivity index (χ4n) is 3.32. The van der Waals surface area contributed by atoms with Crippen LogP contribution in [0.1, 0.15) is 40.9 Å². The maximum atomic E-state index is 13.1. The molecule has 0 amide bonds. The van der Waals surface area contributed by atoms with Crippen molar-refractivity contribution >= 4 is 17.0 Å². The predicted molar refractivity (Wildman–Crippen MR) is 102 cm³/mol. The summed E-state index contributed by atoms with van der Waals surface area (Å²) in [5.74, 6) is -1.20. The number of aromatic carboxylic acids is 1. The molecule has 31 heavy (non-hydrogen) atoms. The van der Waals surface area contributed by atoms with E-state index in [0.717, 1.165) is 23.0 Å². The first-order valence-corrected chi connectivity index (χ1v) is 9.12. The van der Waals surface area contributed by atoms with Gasteiger partial charge in [-0.2, -0.15) is 23.4 Å². The lowest BCUT2D eigenvalue weighted by atomic mass is 10.0. The largest absolute Gasteiger partial charge is 0.478 e. The second-order valence-electron chi connectivity index (χ2n) is 6.74. The molecular formula is C19H15F3N6O3. The number of H-pyrrole nitrogens is 1. The molecule has 0 bridgehead atoms. The molecule has 9 nitrogen and oxygen atoms in total. The number of hydrogen-bond donors (Lipinski definition) is 2. The first-order chi connectivity index (χ1) is 14.7. The average molecular weight is 432 g/mol. The molecule has 0 aliphatic carbocycles. The van der Waals surface area contributed by atoms with E-state index in [9.17, 15) is 22.8 Å². The van der Waals surface area contributed by atoms with Gasteiger partial charge in [0, 0.05) is 6.20 Å². The highest BCUT2D eigenvalue weighted by Gasteiger charge is 2.31. The molecule has 4 rings (SSSR count). The fraction of sp³-hybridized carbons (Fsp3) is 0.211. The number of halogens is 3. The topological polar surface area (TPSA) is 119 Å². The fourth-order valence-corrected chi connectivity index (χ4v) is 3.32. The molecule has 3 aromatic heterocycles. The molecule has 12 heteroatoms. The second-order valence-corrected chi connectivity index (χ2v) is 6.74. The number of nitrogens with zero attached hydrogens (tertiary/aromatic N) is 5. The van der Waals surface area contributed by atoms with Crippen LogP contribution in [0.3, 0.4) is 0 Å². The summed E-state index contributed by atoms with van der Waals surface area (Å²) in [4.78, 5) is 30.6. The van der Waals surface area contributed by atoms with Gasteiger partial charge in [-0.3, -0.25) is 14.5 Å². The van der Waals surface area contributed by atoms with E-state index >= 15 is 0 Å². The molecule has 0 fully saturated rings. The Balaban J connectivity index is 1.80. The maximum Gasteiger partial charge on any atom is 0.416 e. The summed E-state index contributed by atoms with van der Waals surface area (Å²) in [5.41, 5.74) is -0.842. The summed E-state index contributed by atoms with van der Waals surface area (Å²) in [6.45, 7) is 1.77. The Morgan fingerprint density at radius 1 is 1.26 bits per heavy atom. The van der Waals surface area contributed by atoms with E-state index in [1.807, 2.05) is 0 Å². The number of aromatic amines is 1. The number of fused-ring (bicyclic) bond motifs is 1. The zero-order valence-corrected chi connectivity index (χ0v) is 16.0. The Morgan fingerprint density at radius 2 is 2.03 bits per heavy atom. The van der Waals surface area contributed by atoms with Crippen LogP contribution in [-0.4, -0.2) is 40.6 Å². The van der Waals surface area contributed by atoms with E-state index in [1.165, 1.54) is 23.1 Å². The highest BCUT2D eigenvalue weighted by atomic mass is 19.4. The molecule has 0 saturated heterocycles. The van der Waals surface area contributed by atoms with Crippen molar-refractivity contribution in [2.75, 3.05) is 0 Å². The van der Waals surface area contributed by atoms with Gasteiger partial charge < -0.3 is 5.11 Å². The summed E-state index contributed by atoms with van der Waals surface area (Å²) in [6, 6.07) is 4.24. The van der Waals surface area contributed by atoms with Gasteiger partial charge in [0.25, 0.3) is 5.56 Å². The zero-order chi connectivity index (χ0) is 22.3. The number of benzene rings is 1. The lowest BCUT2D eigenvalue weighted by Gasteiger charge is -2.18. The van der Waals surface area contributed by atoms with Crippen molar-refractivity contribution < 1.29 is 23.1 Å². The number of aromatic nitrogens is 6. The summed E-state index contributed by atoms with van der Waals surface area (Å²) in [7, 11) is 0. The van der Waals surface area contributed by atoms with Crippen molar-refractivity contribution in [3.05, 3.63) is 69.9 Å². The van der Waals surface area contributed by atoms with Crippen LogP contribution in [0.25, 0.3) is 17.0 Å². The molecule has 0 aliphatic rings. The van der Waals surface area contributed by atoms with Gasteiger partial charge in [0.2, 0.25) is 5.95 Å². The average Bonchev–Trinajstić information content (AvgIpc) is 3.36. The molecule has 3 heterocycles. The first-order valence-electron chi connectivity index (χ1n) is 9.12. The van der Waals surface area contributed by atoms with Crippen molar-refractivity contribution in [1.29, 1.82) is 0 Å². The van der Waals surface area contributed by atoms with E-state index < -0.39 is 29.3 Å². The molecule has 0 aliphatic heterocycles. The third kappa shape index (κ3) is 3.67. The summed E-state index contributed by atoms with van der Waals surface area (Å²) in [5, 5.41) is 17.1. The van der Waals surface area contributed by atoms with E-state index in [0.29, 0.717) is 12.0 Å². The van der Waals surface area contributed by atoms with Gasteiger partial charge in [0.05, 0.1) is 29.6 Å². The Labute approximate surface area is 171 Å². The molecule has 0 spiro atoms. The van der Waals surface area contributed by atoms with Crippen LogP contribution in [0.15, 0.2) is 47.7 Å². The molecule has 4 aromatic rings. The van der Waals surface area contributed by atoms with E-state index in [2.05, 4.69) is 20.2 Å². The van der Waals surface area contributed by atoms with Crippen LogP contribution in [0.2, 0.25) is 0 Å². The smallest absolute Gasteiger partial charge is 0.416 e. The monoisotopic (exact) mass is 432 g/mol. The molecule has 160 valence electrons. The van der Waals surface area contributed by atoms with Crippen molar-refractivity contribution in [1.82, 2.24) is 29.5 Å². The Kier molecular flexibility index (Phi) is 4.84. The minimum atomic E-state index is -4.49. The Bertz CT molecular complexity index is 1340. The van der Waals surface area contributed by atoms with Crippen LogP contribution >= 0.6 is 0 Å². The molecule has 2 N–H and O–H groups in total. The van der Waals surface area contributed by atoms with Crippen LogP contribution in [0.5, 0.6) is 0 Å². The number of nitrogens with one attached hydrogen (secondary N) is 1. The normalized spacial score (nSPS) is 12.9. The molecular weight excluding hydrogens is 417 g/mol. The molecule has 1 unspecified atom stereocenters. The number of hydrogen-bond acceptors (Lipinski definition) is 5. The number of carboxylic acid groups (broad SMARTS) is 1. The zero-order valence-electron chi connectivity index (χ0n) is 16.0. The van der Waals surface area contributed by atoms with Crippen molar-refractivity contribution in [3.63, 3.8) is 0 Å². The summed E-state index contributed by atoms with van der Waals surface area (Å²) in [6.07, 6.45) is -0.496. The van der Waals surface area contributed by atoms with E-state index in [-0.39, 0.29) is 22.5 Å². The predicted octanol–water partition coefficient (Wildman–Crippen LogP) is 3.02. The standard InChI is InChI=1S/C19H15F3N6O3/c1-2-14(10-4-3-5-12(6-10)19(20,21)22)28-15-13(8-24-28)25-18(26-16(15)29)27-9-11(7-23-27)17(30)31/h3-9,14H,2H2,1H3,(H,30,31)(H,25,26,29). The highest BCUT2D eigenvalue weighted by molar-refractivity contribution is 5.87. The molecule has 1 aromatic carbocycles. The minimum Gasteiger partial charge on any atom is -0.478 e. The van der Waals surface area contributed by atoms with Crippen molar-refractivity contribution in [2.45, 2.75) is 25.6 Å². The molecule has 0 saturated carbocycles. The lowest BCUT2D eigenvalue weighted by Crippen LogP contribution is -2.20. The van der Waals surface area contributed by atoms with Gasteiger partial charge in [-0.25, -0.2) is 14.5 Å². The first kappa shape index (κ1) is 20.3. The van der Waals surface area contributed by atoms with E-state index in [1.54, 1.807) is 13.0 Å². The van der Waals surface area contributed by atoms with Crippen molar-refractivity contribution in [2.24, 2.45) is 0 Å². The number of carbonyl (C=O) groups is 1. The quantitative estimate of drug-likeness (QED) is 0.500.